The number of hydrogen-bond donors (Lipinski definition) is 1. The molecule has 1 aliphatic rings. The smallest absolute Gasteiger partial charge is 0.267 e. The number of nitrogens with one attached hydrogen (secondary N) is 1. The van der Waals surface area contributed by atoms with Crippen LogP contribution >= 0.6 is 22.7 Å². The summed E-state index contributed by atoms with van der Waals surface area (Å²) in [6, 6.07) is 11.8. The molecular formula is C23H26N4O3S2. The van der Waals surface area contributed by atoms with E-state index in [1.54, 1.807) is 13.2 Å². The lowest BCUT2D eigenvalue weighted by Crippen LogP contribution is -2.49. The number of piperazine rings is 1. The number of amides is 2. The van der Waals surface area contributed by atoms with Crippen molar-refractivity contribution < 1.29 is 14.3 Å². The van der Waals surface area contributed by atoms with Crippen LogP contribution in [0.2, 0.25) is 0 Å². The molecule has 0 radical (unpaired) electrons. The van der Waals surface area contributed by atoms with Gasteiger partial charge in [0.25, 0.3) is 5.91 Å². The molecule has 0 atom stereocenters. The largest absolute Gasteiger partial charge is 0.497 e. The first-order chi connectivity index (χ1) is 15.6. The van der Waals surface area contributed by atoms with E-state index in [2.05, 4.69) is 27.3 Å². The number of nitrogens with zero attached hydrogens (tertiary/aromatic N) is 3. The Balaban J connectivity index is 1.20. The van der Waals surface area contributed by atoms with E-state index < -0.39 is 0 Å². The van der Waals surface area contributed by atoms with E-state index in [0.29, 0.717) is 15.7 Å². The Labute approximate surface area is 195 Å². The average molecular weight is 471 g/mol. The molecular weight excluding hydrogens is 444 g/mol. The van der Waals surface area contributed by atoms with Crippen molar-refractivity contribution in [1.29, 1.82) is 0 Å². The molecule has 1 fully saturated rings. The van der Waals surface area contributed by atoms with Gasteiger partial charge in [-0.15, -0.1) is 22.7 Å². The fraction of sp³-hybridized carbons (Fsp3) is 0.348. The Hall–Kier alpha value is -2.75. The summed E-state index contributed by atoms with van der Waals surface area (Å²) < 4.78 is 5.20. The van der Waals surface area contributed by atoms with E-state index in [-0.39, 0.29) is 18.2 Å². The van der Waals surface area contributed by atoms with Crippen molar-refractivity contribution in [3.05, 3.63) is 63.3 Å². The summed E-state index contributed by atoms with van der Waals surface area (Å²) in [6.45, 7) is 4.19. The van der Waals surface area contributed by atoms with Gasteiger partial charge in [0.2, 0.25) is 5.91 Å². The minimum Gasteiger partial charge on any atom is -0.497 e. The molecule has 168 valence electrons. The van der Waals surface area contributed by atoms with Crippen LogP contribution in [0.3, 0.4) is 0 Å². The Morgan fingerprint density at radius 3 is 2.56 bits per heavy atom. The maximum Gasteiger partial charge on any atom is 0.267 e. The molecule has 7 nitrogen and oxygen atoms in total. The predicted molar refractivity (Wildman–Crippen MR) is 128 cm³/mol. The molecule has 3 heterocycles. The normalized spacial score (nSPS) is 14.3. The maximum atomic E-state index is 12.7. The molecule has 0 spiro atoms. The van der Waals surface area contributed by atoms with Crippen LogP contribution in [-0.2, 0) is 17.6 Å². The number of hydrogen-bond acceptors (Lipinski definition) is 7. The molecule has 9 heteroatoms. The minimum atomic E-state index is -0.169. The molecule has 0 saturated carbocycles. The highest BCUT2D eigenvalue weighted by Gasteiger charge is 2.22. The first-order valence-electron chi connectivity index (χ1n) is 10.5. The topological polar surface area (TPSA) is 74.8 Å². The van der Waals surface area contributed by atoms with E-state index in [9.17, 15) is 9.59 Å². The van der Waals surface area contributed by atoms with E-state index in [0.717, 1.165) is 44.9 Å². The SMILES string of the molecule is COc1ccc(CCN2CCN(C(=O)Cc3csc(NC(=O)c4cccs4)n3)CC2)cc1. The van der Waals surface area contributed by atoms with Crippen LogP contribution < -0.4 is 10.1 Å². The van der Waals surface area contributed by atoms with Gasteiger partial charge in [0.1, 0.15) is 5.75 Å². The molecule has 2 aromatic heterocycles. The lowest BCUT2D eigenvalue weighted by atomic mass is 10.1. The first-order valence-corrected chi connectivity index (χ1v) is 12.3. The van der Waals surface area contributed by atoms with Gasteiger partial charge < -0.3 is 9.64 Å². The van der Waals surface area contributed by atoms with Crippen LogP contribution in [0.5, 0.6) is 5.75 Å². The highest BCUT2D eigenvalue weighted by Crippen LogP contribution is 2.19. The molecule has 0 unspecified atom stereocenters. The number of aromatic nitrogens is 1. The number of methoxy groups -OCH3 is 1. The van der Waals surface area contributed by atoms with Gasteiger partial charge in [-0.1, -0.05) is 18.2 Å². The first kappa shape index (κ1) is 22.4. The minimum absolute atomic E-state index is 0.0845. The third-order valence-corrected chi connectivity index (χ3v) is 7.13. The van der Waals surface area contributed by atoms with Gasteiger partial charge in [-0.3, -0.25) is 19.8 Å². The van der Waals surface area contributed by atoms with E-state index in [1.165, 1.54) is 28.2 Å². The quantitative estimate of drug-likeness (QED) is 0.546. The van der Waals surface area contributed by atoms with Crippen molar-refractivity contribution in [1.82, 2.24) is 14.8 Å². The molecule has 32 heavy (non-hydrogen) atoms. The van der Waals surface area contributed by atoms with Gasteiger partial charge in [0.05, 0.1) is 24.1 Å². The number of thiophene rings is 1. The zero-order valence-electron chi connectivity index (χ0n) is 18.0. The van der Waals surface area contributed by atoms with Crippen molar-refractivity contribution in [3.8, 4) is 5.75 Å². The number of carbonyl (C=O) groups is 2. The highest BCUT2D eigenvalue weighted by molar-refractivity contribution is 7.14. The Morgan fingerprint density at radius 2 is 1.88 bits per heavy atom. The maximum absolute atomic E-state index is 12.7. The Morgan fingerprint density at radius 1 is 1.09 bits per heavy atom. The summed E-state index contributed by atoms with van der Waals surface area (Å²) in [5.74, 6) is 0.789. The second-order valence-corrected chi connectivity index (χ2v) is 9.38. The number of thiazole rings is 1. The fourth-order valence-corrected chi connectivity index (χ4v) is 4.90. The van der Waals surface area contributed by atoms with Gasteiger partial charge >= 0.3 is 0 Å². The molecule has 1 saturated heterocycles. The molecule has 0 aliphatic carbocycles. The zero-order valence-corrected chi connectivity index (χ0v) is 19.6. The number of carbonyl (C=O) groups excluding carboxylic acids is 2. The number of anilines is 1. The van der Waals surface area contributed by atoms with Crippen LogP contribution in [-0.4, -0.2) is 66.4 Å². The van der Waals surface area contributed by atoms with Gasteiger partial charge in [0.15, 0.2) is 5.13 Å². The van der Waals surface area contributed by atoms with Gasteiger partial charge in [-0.05, 0) is 35.6 Å². The zero-order chi connectivity index (χ0) is 22.3. The predicted octanol–water partition coefficient (Wildman–Crippen LogP) is 3.39. The van der Waals surface area contributed by atoms with Crippen LogP contribution in [0.25, 0.3) is 0 Å². The second-order valence-electron chi connectivity index (χ2n) is 7.57. The second kappa shape index (κ2) is 10.7. The highest BCUT2D eigenvalue weighted by atomic mass is 32.1. The van der Waals surface area contributed by atoms with E-state index >= 15 is 0 Å². The fourth-order valence-electron chi connectivity index (χ4n) is 3.58. The molecule has 4 rings (SSSR count). The summed E-state index contributed by atoms with van der Waals surface area (Å²) in [7, 11) is 1.67. The summed E-state index contributed by atoms with van der Waals surface area (Å²) in [5.41, 5.74) is 1.98. The third-order valence-electron chi connectivity index (χ3n) is 5.45. The van der Waals surface area contributed by atoms with Crippen molar-refractivity contribution in [3.63, 3.8) is 0 Å². The molecule has 3 aromatic rings. The summed E-state index contributed by atoms with van der Waals surface area (Å²) >= 11 is 2.73. The van der Waals surface area contributed by atoms with Crippen molar-refractivity contribution in [2.45, 2.75) is 12.8 Å². The van der Waals surface area contributed by atoms with E-state index in [4.69, 9.17) is 4.74 Å². The number of benzene rings is 1. The van der Waals surface area contributed by atoms with Gasteiger partial charge in [-0.2, -0.15) is 0 Å². The molecule has 1 aliphatic heterocycles. The van der Waals surface area contributed by atoms with Crippen molar-refractivity contribution in [2.75, 3.05) is 45.2 Å². The lowest BCUT2D eigenvalue weighted by Gasteiger charge is -2.34. The average Bonchev–Trinajstić information content (AvgIpc) is 3.51. The van der Waals surface area contributed by atoms with Crippen molar-refractivity contribution >= 4 is 39.6 Å². The summed E-state index contributed by atoms with van der Waals surface area (Å²) in [6.07, 6.45) is 1.24. The Bertz CT molecular complexity index is 1030. The standard InChI is InChI=1S/C23H26N4O3S2/c1-30-19-6-4-17(5-7-19)8-9-26-10-12-27(13-11-26)21(28)15-18-16-32-23(24-18)25-22(29)20-3-2-14-31-20/h2-7,14,16H,8-13,15H2,1H3,(H,24,25,29). The van der Waals surface area contributed by atoms with Crippen LogP contribution in [0.1, 0.15) is 20.9 Å². The van der Waals surface area contributed by atoms with Crippen LogP contribution in [0.15, 0.2) is 47.2 Å². The summed E-state index contributed by atoms with van der Waals surface area (Å²) in [5, 5.41) is 7.02. The number of rotatable bonds is 8. The number of ether oxygens (including phenoxy) is 1. The molecule has 1 aromatic carbocycles. The van der Waals surface area contributed by atoms with Crippen molar-refractivity contribution in [2.24, 2.45) is 0 Å². The van der Waals surface area contributed by atoms with Gasteiger partial charge in [-0.25, -0.2) is 4.98 Å². The monoisotopic (exact) mass is 470 g/mol. The van der Waals surface area contributed by atoms with Crippen LogP contribution in [0, 0.1) is 0 Å². The molecule has 2 amide bonds. The third kappa shape index (κ3) is 5.93. The molecule has 0 bridgehead atoms. The van der Waals surface area contributed by atoms with Crippen LogP contribution in [0.4, 0.5) is 5.13 Å². The lowest BCUT2D eigenvalue weighted by molar-refractivity contribution is -0.132. The molecule has 1 N–H and O–H groups in total. The van der Waals surface area contributed by atoms with Gasteiger partial charge in [0, 0.05) is 38.1 Å². The van der Waals surface area contributed by atoms with E-state index in [1.807, 2.05) is 33.9 Å². The Kier molecular flexibility index (Phi) is 7.51. The summed E-state index contributed by atoms with van der Waals surface area (Å²) in [4.78, 5) is 34.2.